The highest BCUT2D eigenvalue weighted by atomic mass is 79.9. The van der Waals surface area contributed by atoms with E-state index in [1.807, 2.05) is 18.2 Å². The lowest BCUT2D eigenvalue weighted by atomic mass is 9.85. The van der Waals surface area contributed by atoms with Crippen LogP contribution in [-0.4, -0.2) is 13.0 Å². The van der Waals surface area contributed by atoms with Gasteiger partial charge in [0.05, 0.1) is 11.6 Å². The first-order chi connectivity index (χ1) is 7.95. The van der Waals surface area contributed by atoms with Gasteiger partial charge in [0.1, 0.15) is 5.75 Å². The van der Waals surface area contributed by atoms with Gasteiger partial charge in [0.15, 0.2) is 0 Å². The van der Waals surface area contributed by atoms with E-state index in [0.717, 1.165) is 15.8 Å². The van der Waals surface area contributed by atoms with Gasteiger partial charge in [-0.05, 0) is 45.5 Å². The van der Waals surface area contributed by atoms with Crippen LogP contribution in [-0.2, 0) is 4.79 Å². The molecule has 0 heterocycles. The summed E-state index contributed by atoms with van der Waals surface area (Å²) in [6.07, 6.45) is 0.371. The van der Waals surface area contributed by atoms with E-state index in [1.165, 1.54) is 0 Å². The van der Waals surface area contributed by atoms with Gasteiger partial charge in [-0.15, -0.1) is 0 Å². The molecule has 1 unspecified atom stereocenters. The lowest BCUT2D eigenvalue weighted by molar-refractivity contribution is -0.118. The molecule has 4 heteroatoms. The van der Waals surface area contributed by atoms with Crippen molar-refractivity contribution in [2.75, 3.05) is 7.11 Å². The zero-order valence-electron chi connectivity index (χ0n) is 10.4. The van der Waals surface area contributed by atoms with Crippen molar-refractivity contribution >= 4 is 21.8 Å². The highest BCUT2D eigenvalue weighted by Crippen LogP contribution is 2.33. The van der Waals surface area contributed by atoms with Crippen molar-refractivity contribution in [2.24, 2.45) is 11.7 Å². The largest absolute Gasteiger partial charge is 0.496 e. The lowest BCUT2D eigenvalue weighted by Crippen LogP contribution is -2.18. The molecule has 0 aliphatic carbocycles. The van der Waals surface area contributed by atoms with Crippen LogP contribution in [0.1, 0.15) is 31.7 Å². The Balaban J connectivity index is 3.02. The summed E-state index contributed by atoms with van der Waals surface area (Å²) in [5.74, 6) is 1.03. The number of primary amides is 1. The van der Waals surface area contributed by atoms with Crippen LogP contribution in [0.3, 0.4) is 0 Å². The number of nitrogens with two attached hydrogens (primary N) is 1. The van der Waals surface area contributed by atoms with Crippen molar-refractivity contribution in [2.45, 2.75) is 26.2 Å². The van der Waals surface area contributed by atoms with Crippen molar-refractivity contribution in [3.8, 4) is 5.75 Å². The maximum Gasteiger partial charge on any atom is 0.218 e. The van der Waals surface area contributed by atoms with E-state index in [0.29, 0.717) is 12.3 Å². The van der Waals surface area contributed by atoms with Crippen LogP contribution in [0.15, 0.2) is 22.7 Å². The Labute approximate surface area is 110 Å². The molecule has 0 aromatic heterocycles. The van der Waals surface area contributed by atoms with Gasteiger partial charge in [-0.25, -0.2) is 0 Å². The number of hydrogen-bond acceptors (Lipinski definition) is 2. The molecule has 0 spiro atoms. The smallest absolute Gasteiger partial charge is 0.218 e. The molecule has 2 N–H and O–H groups in total. The van der Waals surface area contributed by atoms with Crippen LogP contribution < -0.4 is 10.5 Å². The third-order valence-electron chi connectivity index (χ3n) is 2.83. The molecule has 0 bridgehead atoms. The second-order valence-electron chi connectivity index (χ2n) is 4.41. The van der Waals surface area contributed by atoms with E-state index in [2.05, 4.69) is 29.8 Å². The first kappa shape index (κ1) is 14.0. The molecular formula is C13H18BrNO2. The topological polar surface area (TPSA) is 52.3 Å². The van der Waals surface area contributed by atoms with Gasteiger partial charge in [-0.3, -0.25) is 4.79 Å². The molecule has 0 saturated heterocycles. The van der Waals surface area contributed by atoms with E-state index >= 15 is 0 Å². The number of rotatable bonds is 5. The van der Waals surface area contributed by atoms with Gasteiger partial charge >= 0.3 is 0 Å². The molecule has 94 valence electrons. The fraction of sp³-hybridized carbons (Fsp3) is 0.462. The Hall–Kier alpha value is -1.03. The summed E-state index contributed by atoms with van der Waals surface area (Å²) in [5, 5.41) is 0. The lowest BCUT2D eigenvalue weighted by Gasteiger charge is -2.20. The first-order valence-corrected chi connectivity index (χ1v) is 6.36. The number of ether oxygens (including phenoxy) is 1. The summed E-state index contributed by atoms with van der Waals surface area (Å²) in [5.41, 5.74) is 6.39. The minimum Gasteiger partial charge on any atom is -0.496 e. The Bertz CT molecular complexity index is 404. The third kappa shape index (κ3) is 3.73. The number of benzene rings is 1. The fourth-order valence-corrected chi connectivity index (χ4v) is 2.43. The van der Waals surface area contributed by atoms with Crippen LogP contribution in [0.2, 0.25) is 0 Å². The van der Waals surface area contributed by atoms with Gasteiger partial charge in [-0.2, -0.15) is 0 Å². The second kappa shape index (κ2) is 6.05. The zero-order valence-corrected chi connectivity index (χ0v) is 12.0. The van der Waals surface area contributed by atoms with Gasteiger partial charge < -0.3 is 10.5 Å². The monoisotopic (exact) mass is 299 g/mol. The predicted octanol–water partition coefficient (Wildman–Crippen LogP) is 3.07. The summed E-state index contributed by atoms with van der Waals surface area (Å²) in [6, 6.07) is 5.87. The maximum atomic E-state index is 11.1. The quantitative estimate of drug-likeness (QED) is 0.908. The Morgan fingerprint density at radius 2 is 2.12 bits per heavy atom. The molecule has 17 heavy (non-hydrogen) atoms. The molecule has 0 aliphatic rings. The highest BCUT2D eigenvalue weighted by Gasteiger charge is 2.19. The number of halogens is 1. The minimum absolute atomic E-state index is 0.148. The van der Waals surface area contributed by atoms with Crippen LogP contribution in [0, 0.1) is 5.92 Å². The molecule has 0 radical (unpaired) electrons. The molecule has 0 saturated carbocycles. The minimum atomic E-state index is -0.268. The summed E-state index contributed by atoms with van der Waals surface area (Å²) in [6.45, 7) is 4.18. The number of methoxy groups -OCH3 is 1. The first-order valence-electron chi connectivity index (χ1n) is 5.57. The number of carbonyl (C=O) groups is 1. The summed E-state index contributed by atoms with van der Waals surface area (Å²) in [4.78, 5) is 11.1. The molecule has 1 rings (SSSR count). The second-order valence-corrected chi connectivity index (χ2v) is 5.27. The Morgan fingerprint density at radius 3 is 2.53 bits per heavy atom. The van der Waals surface area contributed by atoms with Crippen LogP contribution in [0.4, 0.5) is 0 Å². The molecule has 1 aromatic carbocycles. The van der Waals surface area contributed by atoms with Crippen LogP contribution in [0.25, 0.3) is 0 Å². The Kier molecular flexibility index (Phi) is 5.00. The normalized spacial score (nSPS) is 12.5. The number of carbonyl (C=O) groups excluding carboxylic acids is 1. The molecule has 1 amide bonds. The fourth-order valence-electron chi connectivity index (χ4n) is 1.87. The van der Waals surface area contributed by atoms with Crippen molar-refractivity contribution in [1.29, 1.82) is 0 Å². The average molecular weight is 300 g/mol. The summed E-state index contributed by atoms with van der Waals surface area (Å²) >= 11 is 3.45. The van der Waals surface area contributed by atoms with Crippen molar-refractivity contribution < 1.29 is 9.53 Å². The van der Waals surface area contributed by atoms with Crippen molar-refractivity contribution in [3.63, 3.8) is 0 Å². The van der Waals surface area contributed by atoms with E-state index in [-0.39, 0.29) is 11.8 Å². The maximum absolute atomic E-state index is 11.1. The van der Waals surface area contributed by atoms with E-state index in [4.69, 9.17) is 10.5 Å². The van der Waals surface area contributed by atoms with Crippen molar-refractivity contribution in [3.05, 3.63) is 28.2 Å². The molecule has 0 fully saturated rings. The molecule has 1 atom stereocenters. The standard InChI is InChI=1S/C13H18BrNO2/c1-8(2)10(7-13(15)16)9-4-5-12(17-3)11(14)6-9/h4-6,8,10H,7H2,1-3H3,(H2,15,16). The molecular weight excluding hydrogens is 282 g/mol. The predicted molar refractivity (Wildman–Crippen MR) is 72.1 cm³/mol. The van der Waals surface area contributed by atoms with E-state index in [1.54, 1.807) is 7.11 Å². The third-order valence-corrected chi connectivity index (χ3v) is 3.45. The van der Waals surface area contributed by atoms with Gasteiger partial charge in [0.2, 0.25) is 5.91 Å². The van der Waals surface area contributed by atoms with Crippen LogP contribution in [0.5, 0.6) is 5.75 Å². The Morgan fingerprint density at radius 1 is 1.47 bits per heavy atom. The average Bonchev–Trinajstić information content (AvgIpc) is 2.25. The highest BCUT2D eigenvalue weighted by molar-refractivity contribution is 9.10. The van der Waals surface area contributed by atoms with Crippen LogP contribution >= 0.6 is 15.9 Å². The van der Waals surface area contributed by atoms with Gasteiger partial charge in [0, 0.05) is 6.42 Å². The number of amides is 1. The van der Waals surface area contributed by atoms with Gasteiger partial charge in [-0.1, -0.05) is 19.9 Å². The summed E-state index contributed by atoms with van der Waals surface area (Å²) in [7, 11) is 1.63. The zero-order chi connectivity index (χ0) is 13.0. The number of hydrogen-bond donors (Lipinski definition) is 1. The summed E-state index contributed by atoms with van der Waals surface area (Å²) < 4.78 is 6.08. The van der Waals surface area contributed by atoms with Crippen molar-refractivity contribution in [1.82, 2.24) is 0 Å². The molecule has 0 aliphatic heterocycles. The molecule has 3 nitrogen and oxygen atoms in total. The molecule has 1 aromatic rings. The SMILES string of the molecule is COc1ccc(C(CC(N)=O)C(C)C)cc1Br. The van der Waals surface area contributed by atoms with Gasteiger partial charge in [0.25, 0.3) is 0 Å². The van der Waals surface area contributed by atoms with E-state index < -0.39 is 0 Å². The van der Waals surface area contributed by atoms with E-state index in [9.17, 15) is 4.79 Å².